The number of carbonyl (C=O) groups excluding carboxylic acids is 2. The smallest absolute Gasteiger partial charge is 0.350 e. The third kappa shape index (κ3) is 4.11. The highest BCUT2D eigenvalue weighted by Crippen LogP contribution is 2.17. The molecule has 0 spiro atoms. The van der Waals surface area contributed by atoms with Gasteiger partial charge in [0, 0.05) is 23.3 Å². The molecule has 0 saturated carbocycles. The maximum atomic E-state index is 11.9. The highest BCUT2D eigenvalue weighted by atomic mass is 16.5. The molecule has 23 heavy (non-hydrogen) atoms. The second-order valence-corrected chi connectivity index (χ2v) is 4.62. The minimum absolute atomic E-state index is 0.159. The van der Waals surface area contributed by atoms with E-state index in [1.807, 2.05) is 24.3 Å². The van der Waals surface area contributed by atoms with Gasteiger partial charge in [0.2, 0.25) is 5.91 Å². The van der Waals surface area contributed by atoms with Gasteiger partial charge in [-0.15, -0.1) is 0 Å². The molecule has 1 heterocycles. The molecule has 0 radical (unpaired) electrons. The van der Waals surface area contributed by atoms with Crippen molar-refractivity contribution in [2.24, 2.45) is 0 Å². The Labute approximate surface area is 132 Å². The first-order valence-corrected chi connectivity index (χ1v) is 7.02. The number of H-pyrrole nitrogens is 1. The molecule has 1 aromatic carbocycles. The normalized spacial score (nSPS) is 10.9. The van der Waals surface area contributed by atoms with Gasteiger partial charge in [0.1, 0.15) is 6.07 Å². The van der Waals surface area contributed by atoms with Crippen LogP contribution in [0, 0.1) is 11.3 Å². The predicted octanol–water partition coefficient (Wildman–Crippen LogP) is 1.30. The van der Waals surface area contributed by atoms with Crippen molar-refractivity contribution >= 4 is 22.8 Å². The second kappa shape index (κ2) is 7.66. The summed E-state index contributed by atoms with van der Waals surface area (Å²) < 4.78 is 4.70. The number of fused-ring (bicyclic) bond motifs is 1. The summed E-state index contributed by atoms with van der Waals surface area (Å²) in [6.07, 6.45) is 3.04. The molecular weight excluding hydrogens is 296 g/mol. The fourth-order valence-electron chi connectivity index (χ4n) is 2.03. The van der Waals surface area contributed by atoms with Crippen molar-refractivity contribution in [3.05, 3.63) is 47.8 Å². The number of carbonyl (C=O) groups is 2. The summed E-state index contributed by atoms with van der Waals surface area (Å²) in [4.78, 5) is 26.4. The fraction of sp³-hybridized carbons (Fsp3) is 0.188. The van der Waals surface area contributed by atoms with Crippen LogP contribution in [0.25, 0.3) is 10.9 Å². The maximum absolute atomic E-state index is 11.9. The lowest BCUT2D eigenvalue weighted by Crippen LogP contribution is -2.35. The summed E-state index contributed by atoms with van der Waals surface area (Å²) >= 11 is 0. The summed E-state index contributed by atoms with van der Waals surface area (Å²) in [5.74, 6) is -1.04. The van der Waals surface area contributed by atoms with Crippen molar-refractivity contribution in [2.75, 3.05) is 6.61 Å². The van der Waals surface area contributed by atoms with Gasteiger partial charge >= 0.3 is 5.97 Å². The number of benzene rings is 1. The topological polar surface area (TPSA) is 107 Å². The Balaban J connectivity index is 1.93. The number of nitrogens with one attached hydrogen (secondary N) is 3. The van der Waals surface area contributed by atoms with Crippen LogP contribution in [-0.4, -0.2) is 23.5 Å². The Kier molecular flexibility index (Phi) is 5.36. The Bertz CT molecular complexity index is 786. The number of aromatic nitrogens is 1. The van der Waals surface area contributed by atoms with Gasteiger partial charge in [0.15, 0.2) is 5.57 Å². The molecule has 0 aliphatic carbocycles. The van der Waals surface area contributed by atoms with Gasteiger partial charge in [-0.2, -0.15) is 5.26 Å². The first kappa shape index (κ1) is 16.1. The number of hydrogen-bond acceptors (Lipinski definition) is 5. The van der Waals surface area contributed by atoms with Crippen LogP contribution < -0.4 is 10.9 Å². The molecule has 118 valence electrons. The van der Waals surface area contributed by atoms with E-state index in [1.54, 1.807) is 19.2 Å². The molecule has 0 atom stereocenters. The summed E-state index contributed by atoms with van der Waals surface area (Å²) in [5, 5.41) is 9.81. The Morgan fingerprint density at radius 1 is 1.39 bits per heavy atom. The van der Waals surface area contributed by atoms with Crippen LogP contribution >= 0.6 is 0 Å². The maximum Gasteiger partial charge on any atom is 0.350 e. The van der Waals surface area contributed by atoms with Crippen LogP contribution in [0.1, 0.15) is 12.5 Å². The second-order valence-electron chi connectivity index (χ2n) is 4.62. The number of ether oxygens (including phenoxy) is 1. The molecule has 3 N–H and O–H groups in total. The van der Waals surface area contributed by atoms with Crippen molar-refractivity contribution in [2.45, 2.75) is 13.3 Å². The zero-order valence-corrected chi connectivity index (χ0v) is 12.6. The van der Waals surface area contributed by atoms with E-state index in [0.29, 0.717) is 0 Å². The SMILES string of the molecule is CCOC(=O)/C(C#N)=C/NNC(=O)Cc1c[nH]c2ccccc12. The lowest BCUT2D eigenvalue weighted by molar-refractivity contribution is -0.138. The van der Waals surface area contributed by atoms with E-state index in [9.17, 15) is 9.59 Å². The summed E-state index contributed by atoms with van der Waals surface area (Å²) in [7, 11) is 0. The van der Waals surface area contributed by atoms with Gasteiger partial charge < -0.3 is 15.1 Å². The van der Waals surface area contributed by atoms with Crippen molar-refractivity contribution in [1.29, 1.82) is 5.26 Å². The first-order valence-electron chi connectivity index (χ1n) is 7.02. The number of aromatic amines is 1. The zero-order valence-electron chi connectivity index (χ0n) is 12.6. The Hall–Kier alpha value is -3.27. The molecule has 2 aromatic rings. The minimum Gasteiger partial charge on any atom is -0.462 e. The largest absolute Gasteiger partial charge is 0.462 e. The lowest BCUT2D eigenvalue weighted by Gasteiger charge is -2.05. The standard InChI is InChI=1S/C16H16N4O3/c1-2-23-16(22)12(8-17)10-19-20-15(21)7-11-9-18-14-6-4-3-5-13(11)14/h3-6,9-10,18-19H,2,7H2,1H3,(H,20,21)/b12-10+. The number of nitrogens with zero attached hydrogens (tertiary/aromatic N) is 1. The molecule has 0 aliphatic heterocycles. The number of rotatable bonds is 6. The third-order valence-corrected chi connectivity index (χ3v) is 3.07. The van der Waals surface area contributed by atoms with Gasteiger partial charge in [-0.05, 0) is 18.6 Å². The van der Waals surface area contributed by atoms with E-state index >= 15 is 0 Å². The number of hydrazine groups is 1. The summed E-state index contributed by atoms with van der Waals surface area (Å²) in [5.41, 5.74) is 6.44. The molecule has 0 saturated heterocycles. The molecule has 7 nitrogen and oxygen atoms in total. The van der Waals surface area contributed by atoms with Gasteiger partial charge in [0.25, 0.3) is 0 Å². The van der Waals surface area contributed by atoms with E-state index in [4.69, 9.17) is 10.00 Å². The fourth-order valence-corrected chi connectivity index (χ4v) is 2.03. The average Bonchev–Trinajstić information content (AvgIpc) is 2.95. The molecule has 0 unspecified atom stereocenters. The summed E-state index contributed by atoms with van der Waals surface area (Å²) in [6, 6.07) is 9.36. The minimum atomic E-state index is -0.742. The number of para-hydroxylation sites is 1. The van der Waals surface area contributed by atoms with Crippen LogP contribution in [0.5, 0.6) is 0 Å². The van der Waals surface area contributed by atoms with E-state index in [-0.39, 0.29) is 24.5 Å². The number of hydrogen-bond donors (Lipinski definition) is 3. The van der Waals surface area contributed by atoms with Crippen molar-refractivity contribution < 1.29 is 14.3 Å². The highest BCUT2D eigenvalue weighted by molar-refractivity contribution is 5.92. The van der Waals surface area contributed by atoms with Crippen LogP contribution in [-0.2, 0) is 20.7 Å². The number of amides is 1. The molecular formula is C16H16N4O3. The monoisotopic (exact) mass is 312 g/mol. The quantitative estimate of drug-likeness (QED) is 0.322. The van der Waals surface area contributed by atoms with E-state index in [1.165, 1.54) is 0 Å². The van der Waals surface area contributed by atoms with Crippen LogP contribution in [0.4, 0.5) is 0 Å². The van der Waals surface area contributed by atoms with Gasteiger partial charge in [-0.1, -0.05) is 18.2 Å². The Morgan fingerprint density at radius 3 is 2.91 bits per heavy atom. The Morgan fingerprint density at radius 2 is 2.17 bits per heavy atom. The van der Waals surface area contributed by atoms with Crippen molar-refractivity contribution in [3.63, 3.8) is 0 Å². The molecule has 1 aromatic heterocycles. The third-order valence-electron chi connectivity index (χ3n) is 3.07. The van der Waals surface area contributed by atoms with Crippen LogP contribution in [0.15, 0.2) is 42.2 Å². The predicted molar refractivity (Wildman–Crippen MR) is 83.6 cm³/mol. The molecule has 0 bridgehead atoms. The van der Waals surface area contributed by atoms with E-state index in [2.05, 4.69) is 15.8 Å². The lowest BCUT2D eigenvalue weighted by atomic mass is 10.1. The molecule has 7 heteroatoms. The van der Waals surface area contributed by atoms with Crippen LogP contribution in [0.2, 0.25) is 0 Å². The zero-order chi connectivity index (χ0) is 16.7. The van der Waals surface area contributed by atoms with Crippen molar-refractivity contribution in [1.82, 2.24) is 15.8 Å². The highest BCUT2D eigenvalue weighted by Gasteiger charge is 2.10. The molecule has 1 amide bonds. The molecule has 2 rings (SSSR count). The van der Waals surface area contributed by atoms with E-state index < -0.39 is 5.97 Å². The van der Waals surface area contributed by atoms with E-state index in [0.717, 1.165) is 22.7 Å². The average molecular weight is 312 g/mol. The first-order chi connectivity index (χ1) is 11.2. The molecule has 0 fully saturated rings. The number of nitriles is 1. The van der Waals surface area contributed by atoms with Crippen molar-refractivity contribution in [3.8, 4) is 6.07 Å². The van der Waals surface area contributed by atoms with Gasteiger partial charge in [-0.3, -0.25) is 10.2 Å². The van der Waals surface area contributed by atoms with Gasteiger partial charge in [0.05, 0.1) is 13.0 Å². The van der Waals surface area contributed by atoms with Gasteiger partial charge in [-0.25, -0.2) is 4.79 Å². The molecule has 0 aliphatic rings. The van der Waals surface area contributed by atoms with Crippen LogP contribution in [0.3, 0.4) is 0 Å². The summed E-state index contributed by atoms with van der Waals surface area (Å²) in [6.45, 7) is 1.81. The number of esters is 1.